The van der Waals surface area contributed by atoms with Gasteiger partial charge in [-0.15, -0.1) is 11.8 Å². The summed E-state index contributed by atoms with van der Waals surface area (Å²) in [7, 11) is 0. The topological polar surface area (TPSA) is 86.7 Å². The zero-order valence-corrected chi connectivity index (χ0v) is 12.7. The van der Waals surface area contributed by atoms with Gasteiger partial charge in [0.2, 0.25) is 11.8 Å². The van der Waals surface area contributed by atoms with E-state index >= 15 is 0 Å². The van der Waals surface area contributed by atoms with E-state index in [1.165, 1.54) is 0 Å². The number of hydrogen-bond acceptors (Lipinski definition) is 4. The lowest BCUT2D eigenvalue weighted by molar-refractivity contribution is -0.134. The van der Waals surface area contributed by atoms with Gasteiger partial charge in [0.15, 0.2) is 0 Å². The van der Waals surface area contributed by atoms with Crippen LogP contribution in [0.3, 0.4) is 0 Å². The van der Waals surface area contributed by atoms with Gasteiger partial charge in [0.05, 0.1) is 11.5 Å². The smallest absolute Gasteiger partial charge is 0.313 e. The molecule has 7 heteroatoms. The van der Waals surface area contributed by atoms with Gasteiger partial charge in [-0.05, 0) is 12.8 Å². The molecule has 0 aromatic carbocycles. The molecule has 1 aliphatic rings. The van der Waals surface area contributed by atoms with Gasteiger partial charge in [-0.2, -0.15) is 0 Å². The Morgan fingerprint density at radius 2 is 1.85 bits per heavy atom. The number of nitrogens with one attached hydrogen (secondary N) is 1. The van der Waals surface area contributed by atoms with Crippen molar-refractivity contribution in [3.8, 4) is 0 Å². The molecular weight excluding hydrogens is 280 g/mol. The molecule has 0 radical (unpaired) electrons. The van der Waals surface area contributed by atoms with E-state index in [0.29, 0.717) is 13.1 Å². The zero-order valence-electron chi connectivity index (χ0n) is 11.9. The number of amides is 2. The Morgan fingerprint density at radius 1 is 1.25 bits per heavy atom. The molecular formula is C13H22N2O4S. The Hall–Kier alpha value is -1.24. The van der Waals surface area contributed by atoms with E-state index < -0.39 is 5.97 Å². The highest BCUT2D eigenvalue weighted by Crippen LogP contribution is 2.13. The summed E-state index contributed by atoms with van der Waals surface area (Å²) in [5.41, 5.74) is 0. The predicted molar refractivity (Wildman–Crippen MR) is 77.5 cm³/mol. The van der Waals surface area contributed by atoms with Crippen LogP contribution in [0.5, 0.6) is 0 Å². The Labute approximate surface area is 123 Å². The molecule has 2 amide bonds. The van der Waals surface area contributed by atoms with Gasteiger partial charge in [0.1, 0.15) is 0 Å². The summed E-state index contributed by atoms with van der Waals surface area (Å²) >= 11 is 1.12. The molecule has 1 fully saturated rings. The van der Waals surface area contributed by atoms with Gasteiger partial charge in [0.25, 0.3) is 0 Å². The average molecular weight is 302 g/mol. The number of piperidine rings is 1. The number of carbonyl (C=O) groups excluding carboxylic acids is 2. The Bertz CT molecular complexity index is 365. The van der Waals surface area contributed by atoms with Gasteiger partial charge in [-0.1, -0.05) is 13.8 Å². The molecule has 1 heterocycles. The first-order valence-electron chi connectivity index (χ1n) is 6.78. The van der Waals surface area contributed by atoms with Crippen molar-refractivity contribution in [1.82, 2.24) is 10.2 Å². The fourth-order valence-corrected chi connectivity index (χ4v) is 2.59. The summed E-state index contributed by atoms with van der Waals surface area (Å²) in [6, 6.07) is 0.139. The van der Waals surface area contributed by atoms with Crippen LogP contribution in [0.15, 0.2) is 0 Å². The lowest BCUT2D eigenvalue weighted by atomic mass is 10.0. The number of carboxylic acids is 1. The lowest BCUT2D eigenvalue weighted by Crippen LogP contribution is -2.47. The van der Waals surface area contributed by atoms with Crippen molar-refractivity contribution in [2.45, 2.75) is 32.7 Å². The highest BCUT2D eigenvalue weighted by molar-refractivity contribution is 8.00. The molecule has 0 unspecified atom stereocenters. The van der Waals surface area contributed by atoms with Crippen LogP contribution in [0.1, 0.15) is 26.7 Å². The minimum atomic E-state index is -0.905. The molecule has 1 rings (SSSR count). The van der Waals surface area contributed by atoms with Gasteiger partial charge >= 0.3 is 5.97 Å². The third-order valence-corrected chi connectivity index (χ3v) is 4.07. The minimum absolute atomic E-state index is 0.0233. The van der Waals surface area contributed by atoms with Crippen molar-refractivity contribution in [1.29, 1.82) is 0 Å². The molecule has 0 atom stereocenters. The largest absolute Gasteiger partial charge is 0.481 e. The molecule has 2 N–H and O–H groups in total. The molecule has 0 spiro atoms. The summed E-state index contributed by atoms with van der Waals surface area (Å²) in [4.78, 5) is 35.5. The summed E-state index contributed by atoms with van der Waals surface area (Å²) < 4.78 is 0. The molecule has 1 aliphatic heterocycles. The first-order chi connectivity index (χ1) is 9.40. The predicted octanol–water partition coefficient (Wildman–Crippen LogP) is 0.567. The van der Waals surface area contributed by atoms with Crippen LogP contribution in [0.25, 0.3) is 0 Å². The number of hydrogen-bond donors (Lipinski definition) is 2. The maximum atomic E-state index is 11.8. The van der Waals surface area contributed by atoms with E-state index in [2.05, 4.69) is 5.32 Å². The number of carbonyl (C=O) groups is 3. The van der Waals surface area contributed by atoms with Crippen LogP contribution < -0.4 is 5.32 Å². The second-order valence-electron chi connectivity index (χ2n) is 5.20. The standard InChI is InChI=1S/C13H22N2O4S/c1-9(2)13(19)14-10-3-5-15(6-4-10)11(16)7-20-8-12(17)18/h9-10H,3-8H2,1-2H3,(H,14,19)(H,17,18). The van der Waals surface area contributed by atoms with E-state index in [1.54, 1.807) is 4.90 Å². The Balaban J connectivity index is 2.26. The van der Waals surface area contributed by atoms with Crippen LogP contribution in [-0.4, -0.2) is 58.4 Å². The SMILES string of the molecule is CC(C)C(=O)NC1CCN(C(=O)CSCC(=O)O)CC1. The molecule has 0 aromatic heterocycles. The van der Waals surface area contributed by atoms with E-state index in [0.717, 1.165) is 24.6 Å². The summed E-state index contributed by atoms with van der Waals surface area (Å²) in [5, 5.41) is 11.5. The Kier molecular flexibility index (Phi) is 6.84. The van der Waals surface area contributed by atoms with Crippen molar-refractivity contribution in [3.63, 3.8) is 0 Å². The van der Waals surface area contributed by atoms with E-state index in [9.17, 15) is 14.4 Å². The van der Waals surface area contributed by atoms with Gasteiger partial charge < -0.3 is 15.3 Å². The van der Waals surface area contributed by atoms with E-state index in [-0.39, 0.29) is 35.3 Å². The molecule has 1 saturated heterocycles. The number of carboxylic acid groups (broad SMARTS) is 1. The zero-order chi connectivity index (χ0) is 15.1. The van der Waals surface area contributed by atoms with Crippen LogP contribution in [-0.2, 0) is 14.4 Å². The number of likely N-dealkylation sites (tertiary alicyclic amines) is 1. The average Bonchev–Trinajstić information content (AvgIpc) is 2.38. The van der Waals surface area contributed by atoms with E-state index in [1.807, 2.05) is 13.8 Å². The fourth-order valence-electron chi connectivity index (χ4n) is 1.96. The van der Waals surface area contributed by atoms with Crippen molar-refractivity contribution in [3.05, 3.63) is 0 Å². The third kappa shape index (κ3) is 5.81. The first-order valence-corrected chi connectivity index (χ1v) is 7.93. The number of rotatable bonds is 6. The van der Waals surface area contributed by atoms with Crippen LogP contribution in [0.2, 0.25) is 0 Å². The number of nitrogens with zero attached hydrogens (tertiary/aromatic N) is 1. The highest BCUT2D eigenvalue weighted by atomic mass is 32.2. The maximum absolute atomic E-state index is 11.8. The fraction of sp³-hybridized carbons (Fsp3) is 0.769. The number of thioether (sulfide) groups is 1. The van der Waals surface area contributed by atoms with Gasteiger partial charge in [0, 0.05) is 25.0 Å². The van der Waals surface area contributed by atoms with Crippen molar-refractivity contribution in [2.24, 2.45) is 5.92 Å². The van der Waals surface area contributed by atoms with Crippen LogP contribution >= 0.6 is 11.8 Å². The lowest BCUT2D eigenvalue weighted by Gasteiger charge is -2.32. The molecule has 20 heavy (non-hydrogen) atoms. The van der Waals surface area contributed by atoms with Crippen LogP contribution in [0, 0.1) is 5.92 Å². The molecule has 6 nitrogen and oxygen atoms in total. The highest BCUT2D eigenvalue weighted by Gasteiger charge is 2.24. The monoisotopic (exact) mass is 302 g/mol. The second kappa shape index (κ2) is 8.14. The van der Waals surface area contributed by atoms with Crippen LogP contribution in [0.4, 0.5) is 0 Å². The van der Waals surface area contributed by atoms with Crippen molar-refractivity contribution in [2.75, 3.05) is 24.6 Å². The molecule has 0 saturated carbocycles. The summed E-state index contributed by atoms with van der Waals surface area (Å²) in [5.74, 6) is -0.751. The molecule has 0 bridgehead atoms. The van der Waals surface area contributed by atoms with E-state index in [4.69, 9.17) is 5.11 Å². The molecule has 0 aromatic rings. The summed E-state index contributed by atoms with van der Waals surface area (Å²) in [6.45, 7) is 4.95. The quantitative estimate of drug-likeness (QED) is 0.749. The molecule has 0 aliphatic carbocycles. The van der Waals surface area contributed by atoms with Gasteiger partial charge in [-0.25, -0.2) is 0 Å². The first kappa shape index (κ1) is 16.8. The normalized spacial score (nSPS) is 16.2. The second-order valence-corrected chi connectivity index (χ2v) is 6.19. The third-order valence-electron chi connectivity index (χ3n) is 3.17. The van der Waals surface area contributed by atoms with Crippen molar-refractivity contribution >= 4 is 29.5 Å². The molecule has 114 valence electrons. The van der Waals surface area contributed by atoms with Crippen molar-refractivity contribution < 1.29 is 19.5 Å². The number of aliphatic carboxylic acids is 1. The Morgan fingerprint density at radius 3 is 2.35 bits per heavy atom. The summed E-state index contributed by atoms with van der Waals surface area (Å²) in [6.07, 6.45) is 1.52. The minimum Gasteiger partial charge on any atom is -0.481 e. The maximum Gasteiger partial charge on any atom is 0.313 e. The van der Waals surface area contributed by atoms with Gasteiger partial charge in [-0.3, -0.25) is 14.4 Å².